The van der Waals surface area contributed by atoms with Gasteiger partial charge in [-0.3, -0.25) is 0 Å². The minimum Gasteiger partial charge on any atom is -0.337 e. The number of alkyl halides is 3. The van der Waals surface area contributed by atoms with Gasteiger partial charge in [0.2, 0.25) is 5.95 Å². The number of hydrogen-bond acceptors (Lipinski definition) is 4. The predicted molar refractivity (Wildman–Crippen MR) is 81.6 cm³/mol. The molecule has 9 heteroatoms. The monoisotopic (exact) mass is 343 g/mol. The molecule has 2 amide bonds. The molecule has 0 bridgehead atoms. The van der Waals surface area contributed by atoms with Crippen LogP contribution in [0.25, 0.3) is 0 Å². The molecule has 132 valence electrons. The van der Waals surface area contributed by atoms with Gasteiger partial charge in [0.15, 0.2) is 0 Å². The maximum atomic E-state index is 12.5. The average molecular weight is 343 g/mol. The van der Waals surface area contributed by atoms with Crippen LogP contribution in [0.5, 0.6) is 0 Å². The summed E-state index contributed by atoms with van der Waals surface area (Å²) >= 11 is 0. The number of halogens is 3. The van der Waals surface area contributed by atoms with E-state index in [0.717, 1.165) is 38.3 Å². The summed E-state index contributed by atoms with van der Waals surface area (Å²) in [5.41, 5.74) is -0.856. The van der Waals surface area contributed by atoms with E-state index in [1.54, 1.807) is 9.80 Å². The Bertz CT molecular complexity index is 563. The van der Waals surface area contributed by atoms with Crippen LogP contribution in [-0.4, -0.2) is 65.1 Å². The third-order valence-corrected chi connectivity index (χ3v) is 4.43. The highest BCUT2D eigenvalue weighted by Crippen LogP contribution is 2.28. The fourth-order valence-corrected chi connectivity index (χ4v) is 3.01. The molecule has 0 aromatic carbocycles. The number of hydrogen-bond donors (Lipinski definition) is 0. The van der Waals surface area contributed by atoms with Crippen molar-refractivity contribution in [2.45, 2.75) is 25.4 Å². The van der Waals surface area contributed by atoms with Crippen molar-refractivity contribution in [1.29, 1.82) is 0 Å². The smallest absolute Gasteiger partial charge is 0.337 e. The second-order valence-corrected chi connectivity index (χ2v) is 6.07. The molecular formula is C15H20F3N5O. The number of piperazine rings is 1. The van der Waals surface area contributed by atoms with E-state index in [-0.39, 0.29) is 12.0 Å². The van der Waals surface area contributed by atoms with Crippen LogP contribution in [0.3, 0.4) is 0 Å². The van der Waals surface area contributed by atoms with Gasteiger partial charge in [0.05, 0.1) is 5.56 Å². The van der Waals surface area contributed by atoms with Crippen LogP contribution in [0.1, 0.15) is 24.8 Å². The van der Waals surface area contributed by atoms with E-state index < -0.39 is 11.7 Å². The maximum absolute atomic E-state index is 12.5. The predicted octanol–water partition coefficient (Wildman–Crippen LogP) is 2.22. The largest absolute Gasteiger partial charge is 0.419 e. The van der Waals surface area contributed by atoms with Crippen LogP contribution < -0.4 is 4.90 Å². The number of amides is 2. The zero-order valence-corrected chi connectivity index (χ0v) is 13.3. The second kappa shape index (κ2) is 6.82. The number of likely N-dealkylation sites (tertiary alicyclic amines) is 1. The van der Waals surface area contributed by atoms with E-state index >= 15 is 0 Å². The summed E-state index contributed by atoms with van der Waals surface area (Å²) in [6.07, 6.45) is 0.429. The van der Waals surface area contributed by atoms with Crippen LogP contribution in [-0.2, 0) is 6.18 Å². The molecule has 3 heterocycles. The van der Waals surface area contributed by atoms with Gasteiger partial charge < -0.3 is 14.7 Å². The third kappa shape index (κ3) is 3.70. The molecule has 2 aliphatic heterocycles. The molecule has 0 atom stereocenters. The van der Waals surface area contributed by atoms with Crippen molar-refractivity contribution in [2.24, 2.45) is 0 Å². The minimum atomic E-state index is -4.43. The summed E-state index contributed by atoms with van der Waals surface area (Å²) in [4.78, 5) is 25.5. The highest BCUT2D eigenvalue weighted by molar-refractivity contribution is 5.74. The zero-order valence-electron chi connectivity index (χ0n) is 13.3. The lowest BCUT2D eigenvalue weighted by atomic mass is 10.1. The second-order valence-electron chi connectivity index (χ2n) is 6.07. The van der Waals surface area contributed by atoms with Crippen molar-refractivity contribution in [3.8, 4) is 0 Å². The number of aromatic nitrogens is 2. The Hall–Kier alpha value is -2.06. The van der Waals surface area contributed by atoms with Crippen molar-refractivity contribution in [3.63, 3.8) is 0 Å². The van der Waals surface area contributed by atoms with E-state index in [4.69, 9.17) is 0 Å². The number of urea groups is 1. The first-order valence-corrected chi connectivity index (χ1v) is 8.13. The molecule has 0 saturated carbocycles. The quantitative estimate of drug-likeness (QED) is 0.785. The normalized spacial score (nSPS) is 19.5. The lowest BCUT2D eigenvalue weighted by molar-refractivity contribution is -0.138. The summed E-state index contributed by atoms with van der Waals surface area (Å²) in [6, 6.07) is 0.0580. The fraction of sp³-hybridized carbons (Fsp3) is 0.667. The third-order valence-electron chi connectivity index (χ3n) is 4.43. The van der Waals surface area contributed by atoms with Gasteiger partial charge in [0, 0.05) is 51.7 Å². The van der Waals surface area contributed by atoms with E-state index in [1.807, 2.05) is 4.90 Å². The van der Waals surface area contributed by atoms with Crippen LogP contribution in [0.4, 0.5) is 23.9 Å². The van der Waals surface area contributed by atoms with Crippen LogP contribution in [0.2, 0.25) is 0 Å². The molecule has 3 rings (SSSR count). The number of nitrogens with zero attached hydrogens (tertiary/aromatic N) is 5. The summed E-state index contributed by atoms with van der Waals surface area (Å²) in [7, 11) is 0. The Morgan fingerprint density at radius 3 is 1.96 bits per heavy atom. The Labute approximate surface area is 138 Å². The Kier molecular flexibility index (Phi) is 4.77. The molecule has 2 fully saturated rings. The van der Waals surface area contributed by atoms with Gasteiger partial charge in [-0.05, 0) is 19.3 Å². The molecule has 0 N–H and O–H groups in total. The van der Waals surface area contributed by atoms with Gasteiger partial charge >= 0.3 is 12.2 Å². The van der Waals surface area contributed by atoms with Crippen molar-refractivity contribution in [1.82, 2.24) is 19.8 Å². The number of carbonyl (C=O) groups excluding carboxylic acids is 1. The summed E-state index contributed by atoms with van der Waals surface area (Å²) < 4.78 is 37.6. The number of carbonyl (C=O) groups is 1. The van der Waals surface area contributed by atoms with Gasteiger partial charge in [-0.2, -0.15) is 13.2 Å². The molecule has 0 unspecified atom stereocenters. The standard InChI is InChI=1S/C15H20F3N5O/c16-15(17,18)12-10-19-13(20-11-12)21-6-8-23(9-7-21)14(24)22-4-2-1-3-5-22/h10-11H,1-9H2. The molecule has 0 spiro atoms. The van der Waals surface area contributed by atoms with Crippen molar-refractivity contribution in [3.05, 3.63) is 18.0 Å². The molecule has 0 aliphatic carbocycles. The zero-order chi connectivity index (χ0) is 17.2. The first-order valence-electron chi connectivity index (χ1n) is 8.13. The van der Waals surface area contributed by atoms with Crippen molar-refractivity contribution >= 4 is 12.0 Å². The van der Waals surface area contributed by atoms with Crippen molar-refractivity contribution in [2.75, 3.05) is 44.2 Å². The van der Waals surface area contributed by atoms with Gasteiger partial charge in [-0.25, -0.2) is 14.8 Å². The van der Waals surface area contributed by atoms with E-state index in [0.29, 0.717) is 26.2 Å². The Morgan fingerprint density at radius 2 is 1.42 bits per heavy atom. The molecule has 24 heavy (non-hydrogen) atoms. The van der Waals surface area contributed by atoms with Gasteiger partial charge in [0.25, 0.3) is 0 Å². The average Bonchev–Trinajstić information content (AvgIpc) is 2.61. The minimum absolute atomic E-state index is 0.0580. The SMILES string of the molecule is O=C(N1CCCCC1)N1CCN(c2ncc(C(F)(F)F)cn2)CC1. The van der Waals surface area contributed by atoms with Gasteiger partial charge in [0.1, 0.15) is 0 Å². The highest BCUT2D eigenvalue weighted by atomic mass is 19.4. The lowest BCUT2D eigenvalue weighted by Crippen LogP contribution is -2.54. The first kappa shape index (κ1) is 16.8. The van der Waals surface area contributed by atoms with Gasteiger partial charge in [-0.1, -0.05) is 0 Å². The molecular weight excluding hydrogens is 323 g/mol. The molecule has 1 aromatic heterocycles. The molecule has 2 aliphatic rings. The Morgan fingerprint density at radius 1 is 0.875 bits per heavy atom. The molecule has 0 radical (unpaired) electrons. The Balaban J connectivity index is 1.55. The summed E-state index contributed by atoms with van der Waals surface area (Å²) in [5.74, 6) is 0.271. The van der Waals surface area contributed by atoms with Crippen LogP contribution in [0.15, 0.2) is 12.4 Å². The fourth-order valence-electron chi connectivity index (χ4n) is 3.01. The first-order chi connectivity index (χ1) is 11.4. The lowest BCUT2D eigenvalue weighted by Gasteiger charge is -2.38. The van der Waals surface area contributed by atoms with E-state index in [9.17, 15) is 18.0 Å². The topological polar surface area (TPSA) is 52.6 Å². The summed E-state index contributed by atoms with van der Waals surface area (Å²) in [6.45, 7) is 3.71. The van der Waals surface area contributed by atoms with Gasteiger partial charge in [-0.15, -0.1) is 0 Å². The molecule has 2 saturated heterocycles. The maximum Gasteiger partial charge on any atom is 0.419 e. The summed E-state index contributed by atoms with van der Waals surface area (Å²) in [5, 5.41) is 0. The number of piperidine rings is 1. The van der Waals surface area contributed by atoms with E-state index in [1.165, 1.54) is 6.42 Å². The van der Waals surface area contributed by atoms with E-state index in [2.05, 4.69) is 9.97 Å². The molecule has 6 nitrogen and oxygen atoms in total. The van der Waals surface area contributed by atoms with Crippen LogP contribution >= 0.6 is 0 Å². The van der Waals surface area contributed by atoms with Crippen molar-refractivity contribution < 1.29 is 18.0 Å². The highest BCUT2D eigenvalue weighted by Gasteiger charge is 2.32. The number of anilines is 1. The molecule has 1 aromatic rings. The number of rotatable bonds is 1. The van der Waals surface area contributed by atoms with Crippen LogP contribution in [0, 0.1) is 0 Å².